The zero-order chi connectivity index (χ0) is 22.4. The highest BCUT2D eigenvalue weighted by Crippen LogP contribution is 2.27. The van der Waals surface area contributed by atoms with E-state index in [0.29, 0.717) is 25.1 Å². The number of anilines is 1. The first-order chi connectivity index (χ1) is 14.8. The van der Waals surface area contributed by atoms with Crippen LogP contribution in [-0.4, -0.2) is 43.7 Å². The molecule has 1 atom stereocenters. The Morgan fingerprint density at radius 3 is 2.55 bits per heavy atom. The van der Waals surface area contributed by atoms with Gasteiger partial charge in [0.05, 0.1) is 4.90 Å². The lowest BCUT2D eigenvalue weighted by molar-refractivity contribution is -0.136. The molecule has 0 bridgehead atoms. The molecule has 2 aromatic carbocycles. The van der Waals surface area contributed by atoms with Gasteiger partial charge in [-0.25, -0.2) is 12.8 Å². The molecule has 2 aromatic rings. The molecule has 9 heteroatoms. The SMILES string of the molecule is Cc1cc(S(=O)(=O)N2CCCC[C@H]2CCNC(=O)C(=O)Nc2ccccc2)ccc1F. The second kappa shape index (κ2) is 10.0. The van der Waals surface area contributed by atoms with Gasteiger partial charge in [0.15, 0.2) is 0 Å². The molecule has 1 fully saturated rings. The van der Waals surface area contributed by atoms with Crippen LogP contribution in [0.15, 0.2) is 53.4 Å². The first-order valence-electron chi connectivity index (χ1n) is 10.2. The van der Waals surface area contributed by atoms with Crippen LogP contribution in [-0.2, 0) is 19.6 Å². The second-order valence-corrected chi connectivity index (χ2v) is 9.43. The number of hydrogen-bond donors (Lipinski definition) is 2. The van der Waals surface area contributed by atoms with Crippen LogP contribution < -0.4 is 10.6 Å². The molecular formula is C22H26FN3O4S. The molecule has 0 unspecified atom stereocenters. The number of carbonyl (C=O) groups excluding carboxylic acids is 2. The Labute approximate surface area is 181 Å². The van der Waals surface area contributed by atoms with E-state index in [1.165, 1.54) is 23.4 Å². The minimum Gasteiger partial charge on any atom is -0.348 e. The predicted octanol–water partition coefficient (Wildman–Crippen LogP) is 2.82. The van der Waals surface area contributed by atoms with E-state index in [4.69, 9.17) is 0 Å². The smallest absolute Gasteiger partial charge is 0.313 e. The van der Waals surface area contributed by atoms with E-state index >= 15 is 0 Å². The minimum atomic E-state index is -3.78. The third kappa shape index (κ3) is 5.68. The molecule has 0 aliphatic carbocycles. The summed E-state index contributed by atoms with van der Waals surface area (Å²) in [6, 6.07) is 12.1. The van der Waals surface area contributed by atoms with E-state index in [2.05, 4.69) is 10.6 Å². The Morgan fingerprint density at radius 2 is 1.84 bits per heavy atom. The van der Waals surface area contributed by atoms with Crippen molar-refractivity contribution in [1.82, 2.24) is 9.62 Å². The van der Waals surface area contributed by atoms with Crippen LogP contribution in [0.2, 0.25) is 0 Å². The van der Waals surface area contributed by atoms with E-state index in [9.17, 15) is 22.4 Å². The van der Waals surface area contributed by atoms with Crippen LogP contribution in [0.5, 0.6) is 0 Å². The van der Waals surface area contributed by atoms with Gasteiger partial charge in [-0.2, -0.15) is 4.31 Å². The molecular weight excluding hydrogens is 421 g/mol. The van der Waals surface area contributed by atoms with Crippen molar-refractivity contribution >= 4 is 27.5 Å². The van der Waals surface area contributed by atoms with Crippen molar-refractivity contribution in [2.45, 2.75) is 43.5 Å². The van der Waals surface area contributed by atoms with Crippen LogP contribution >= 0.6 is 0 Å². The van der Waals surface area contributed by atoms with Crippen molar-refractivity contribution < 1.29 is 22.4 Å². The maximum absolute atomic E-state index is 13.6. The molecule has 0 saturated carbocycles. The third-order valence-corrected chi connectivity index (χ3v) is 7.26. The van der Waals surface area contributed by atoms with Crippen molar-refractivity contribution in [2.24, 2.45) is 0 Å². The molecule has 7 nitrogen and oxygen atoms in total. The lowest BCUT2D eigenvalue weighted by atomic mass is 10.0. The molecule has 1 aliphatic heterocycles. The Morgan fingerprint density at radius 1 is 1.10 bits per heavy atom. The number of amides is 2. The van der Waals surface area contributed by atoms with E-state index < -0.39 is 27.7 Å². The summed E-state index contributed by atoms with van der Waals surface area (Å²) >= 11 is 0. The first kappa shape index (κ1) is 22.9. The largest absolute Gasteiger partial charge is 0.348 e. The van der Waals surface area contributed by atoms with Crippen molar-refractivity contribution in [3.8, 4) is 0 Å². The van der Waals surface area contributed by atoms with Gasteiger partial charge in [-0.1, -0.05) is 24.6 Å². The average molecular weight is 448 g/mol. The lowest BCUT2D eigenvalue weighted by Gasteiger charge is -2.34. The monoisotopic (exact) mass is 447 g/mol. The number of sulfonamides is 1. The quantitative estimate of drug-likeness (QED) is 0.666. The summed E-state index contributed by atoms with van der Waals surface area (Å²) in [5.41, 5.74) is 0.785. The Hall–Kier alpha value is -2.78. The topological polar surface area (TPSA) is 95.6 Å². The van der Waals surface area contributed by atoms with Gasteiger partial charge in [-0.3, -0.25) is 9.59 Å². The molecule has 1 aliphatic rings. The number of hydrogen-bond acceptors (Lipinski definition) is 4. The van der Waals surface area contributed by atoms with E-state index in [1.54, 1.807) is 30.3 Å². The molecule has 0 aromatic heterocycles. The fourth-order valence-electron chi connectivity index (χ4n) is 3.63. The van der Waals surface area contributed by atoms with Gasteiger partial charge in [0, 0.05) is 24.8 Å². The van der Waals surface area contributed by atoms with Crippen molar-refractivity contribution in [1.29, 1.82) is 0 Å². The van der Waals surface area contributed by atoms with Crippen molar-refractivity contribution in [3.63, 3.8) is 0 Å². The van der Waals surface area contributed by atoms with Crippen LogP contribution in [0.3, 0.4) is 0 Å². The predicted molar refractivity (Wildman–Crippen MR) is 115 cm³/mol. The molecule has 1 heterocycles. The summed E-state index contributed by atoms with van der Waals surface area (Å²) in [5, 5.41) is 5.06. The van der Waals surface area contributed by atoms with Gasteiger partial charge >= 0.3 is 11.8 Å². The number of nitrogens with zero attached hydrogens (tertiary/aromatic N) is 1. The van der Waals surface area contributed by atoms with Crippen LogP contribution in [0.1, 0.15) is 31.2 Å². The maximum atomic E-state index is 13.6. The summed E-state index contributed by atoms with van der Waals surface area (Å²) in [5.74, 6) is -2.00. The van der Waals surface area contributed by atoms with Crippen LogP contribution in [0.25, 0.3) is 0 Å². The number of nitrogens with one attached hydrogen (secondary N) is 2. The van der Waals surface area contributed by atoms with Gasteiger partial charge < -0.3 is 10.6 Å². The summed E-state index contributed by atoms with van der Waals surface area (Å²) in [7, 11) is -3.78. The van der Waals surface area contributed by atoms with E-state index in [-0.39, 0.29) is 23.0 Å². The molecule has 2 N–H and O–H groups in total. The minimum absolute atomic E-state index is 0.0598. The maximum Gasteiger partial charge on any atom is 0.313 e. The number of aryl methyl sites for hydroxylation is 1. The highest BCUT2D eigenvalue weighted by molar-refractivity contribution is 7.89. The van der Waals surface area contributed by atoms with Gasteiger partial charge in [-0.15, -0.1) is 0 Å². The van der Waals surface area contributed by atoms with Gasteiger partial charge in [0.2, 0.25) is 10.0 Å². The molecule has 3 rings (SSSR count). The van der Waals surface area contributed by atoms with E-state index in [1.807, 2.05) is 0 Å². The molecule has 1 saturated heterocycles. The first-order valence-corrected chi connectivity index (χ1v) is 11.7. The molecule has 0 radical (unpaired) electrons. The lowest BCUT2D eigenvalue weighted by Crippen LogP contribution is -2.45. The van der Waals surface area contributed by atoms with Crippen LogP contribution in [0, 0.1) is 12.7 Å². The van der Waals surface area contributed by atoms with E-state index in [0.717, 1.165) is 18.9 Å². The number of para-hydroxylation sites is 1. The number of rotatable bonds is 6. The second-order valence-electron chi connectivity index (χ2n) is 7.54. The zero-order valence-electron chi connectivity index (χ0n) is 17.3. The highest BCUT2D eigenvalue weighted by Gasteiger charge is 2.33. The van der Waals surface area contributed by atoms with Gasteiger partial charge in [0.25, 0.3) is 0 Å². The fourth-order valence-corrected chi connectivity index (χ4v) is 5.44. The number of piperidine rings is 1. The molecule has 166 valence electrons. The highest BCUT2D eigenvalue weighted by atomic mass is 32.2. The summed E-state index contributed by atoms with van der Waals surface area (Å²) in [6.45, 7) is 2.06. The molecule has 0 spiro atoms. The summed E-state index contributed by atoms with van der Waals surface area (Å²) in [6.07, 6.45) is 2.65. The standard InChI is InChI=1S/C22H26FN3O4S/c1-16-15-19(10-11-20(16)23)31(29,30)26-14-6-5-9-18(26)12-13-24-21(27)22(28)25-17-7-3-2-4-8-17/h2-4,7-8,10-11,15,18H,5-6,9,12-14H2,1H3,(H,24,27)(H,25,28)/t18-/m0/s1. The fraction of sp³-hybridized carbons (Fsp3) is 0.364. The summed E-state index contributed by atoms with van der Waals surface area (Å²) < 4.78 is 41.2. The van der Waals surface area contributed by atoms with Crippen molar-refractivity contribution in [2.75, 3.05) is 18.4 Å². The Bertz CT molecular complexity index is 1040. The number of benzene rings is 2. The molecule has 31 heavy (non-hydrogen) atoms. The van der Waals surface area contributed by atoms with Gasteiger partial charge in [-0.05, 0) is 62.1 Å². The van der Waals surface area contributed by atoms with Crippen molar-refractivity contribution in [3.05, 3.63) is 59.9 Å². The van der Waals surface area contributed by atoms with Crippen LogP contribution in [0.4, 0.5) is 10.1 Å². The Kier molecular flexibility index (Phi) is 7.40. The van der Waals surface area contributed by atoms with Gasteiger partial charge in [0.1, 0.15) is 5.82 Å². The summed E-state index contributed by atoms with van der Waals surface area (Å²) in [4.78, 5) is 24.1. The zero-order valence-corrected chi connectivity index (χ0v) is 18.1. The Balaban J connectivity index is 1.60. The molecule has 2 amide bonds. The number of halogens is 1. The third-order valence-electron chi connectivity index (χ3n) is 5.31. The number of carbonyl (C=O) groups is 2. The normalized spacial score (nSPS) is 17.2. The average Bonchev–Trinajstić information content (AvgIpc) is 2.76.